The summed E-state index contributed by atoms with van der Waals surface area (Å²) in [6, 6.07) is 4.69. The largest absolute Gasteiger partial charge is 0.500 e. The molecule has 0 bridgehead atoms. The number of H-pyrrole nitrogens is 1. The number of ether oxygens (including phenoxy) is 2. The fourth-order valence-corrected chi connectivity index (χ4v) is 3.26. The van der Waals surface area contributed by atoms with Gasteiger partial charge in [0.1, 0.15) is 11.6 Å². The highest BCUT2D eigenvalue weighted by molar-refractivity contribution is 5.63. The van der Waals surface area contributed by atoms with Crippen LogP contribution in [0.3, 0.4) is 0 Å². The first-order chi connectivity index (χ1) is 13.4. The second-order valence-corrected chi connectivity index (χ2v) is 6.30. The highest BCUT2D eigenvalue weighted by Crippen LogP contribution is 2.47. The van der Waals surface area contributed by atoms with E-state index in [1.807, 2.05) is 13.0 Å². The van der Waals surface area contributed by atoms with E-state index in [0.29, 0.717) is 17.5 Å². The number of nitriles is 1. The van der Waals surface area contributed by atoms with E-state index in [1.54, 1.807) is 0 Å². The predicted molar refractivity (Wildman–Crippen MR) is 97.8 cm³/mol. The fourth-order valence-electron chi connectivity index (χ4n) is 3.26. The van der Waals surface area contributed by atoms with Gasteiger partial charge in [0.2, 0.25) is 17.5 Å². The zero-order valence-corrected chi connectivity index (χ0v) is 15.4. The molecule has 0 amide bonds. The summed E-state index contributed by atoms with van der Waals surface area (Å²) in [7, 11) is 1.29. The molecule has 3 rings (SSSR count). The summed E-state index contributed by atoms with van der Waals surface area (Å²) in [5.41, 5.74) is 7.21. The van der Waals surface area contributed by atoms with Gasteiger partial charge in [0.05, 0.1) is 18.0 Å². The lowest BCUT2D eigenvalue weighted by atomic mass is 9.83. The molecule has 2 aromatic rings. The molecular weight excluding hydrogens is 366 g/mol. The molecule has 0 fully saturated rings. The smallest absolute Gasteiger partial charge is 0.314 e. The van der Waals surface area contributed by atoms with Crippen molar-refractivity contribution in [1.29, 1.82) is 5.26 Å². The van der Waals surface area contributed by atoms with Crippen molar-refractivity contribution in [2.45, 2.75) is 32.1 Å². The van der Waals surface area contributed by atoms with E-state index < -0.39 is 22.3 Å². The average molecular weight is 385 g/mol. The number of rotatable bonds is 6. The molecule has 0 saturated heterocycles. The topological polar surface area (TPSA) is 160 Å². The fraction of sp³-hybridized carbons (Fsp3) is 0.333. The van der Waals surface area contributed by atoms with E-state index in [0.717, 1.165) is 18.5 Å². The Kier molecular flexibility index (Phi) is 5.08. The van der Waals surface area contributed by atoms with Crippen molar-refractivity contribution < 1.29 is 19.5 Å². The summed E-state index contributed by atoms with van der Waals surface area (Å²) in [6.45, 7) is 2.05. The molecular formula is C18H19N5O5. The van der Waals surface area contributed by atoms with E-state index in [-0.39, 0.29) is 23.1 Å². The van der Waals surface area contributed by atoms with Crippen LogP contribution in [0.15, 0.2) is 23.6 Å². The van der Waals surface area contributed by atoms with Crippen molar-refractivity contribution in [3.8, 4) is 23.4 Å². The van der Waals surface area contributed by atoms with Gasteiger partial charge in [0.25, 0.3) is 0 Å². The number of nitrogens with zero attached hydrogens (tertiary/aromatic N) is 3. The number of nitrogens with two attached hydrogens (primary N) is 1. The molecule has 1 aromatic carbocycles. The molecule has 1 atom stereocenters. The Hall–Kier alpha value is -3.74. The normalized spacial score (nSPS) is 15.5. The number of allylic oxidation sites excluding steroid dienone is 1. The quantitative estimate of drug-likeness (QED) is 0.505. The lowest BCUT2D eigenvalue weighted by Crippen LogP contribution is -2.21. The summed E-state index contributed by atoms with van der Waals surface area (Å²) in [5, 5.41) is 38.2. The summed E-state index contributed by atoms with van der Waals surface area (Å²) >= 11 is 0. The number of hydrogen-bond acceptors (Lipinski definition) is 8. The summed E-state index contributed by atoms with van der Waals surface area (Å²) in [5.74, 6) is -1.30. The minimum atomic E-state index is -0.743. The number of aromatic hydroxyl groups is 1. The molecule has 10 nitrogen and oxygen atoms in total. The van der Waals surface area contributed by atoms with E-state index in [1.165, 1.54) is 19.2 Å². The van der Waals surface area contributed by atoms with Gasteiger partial charge in [-0.25, -0.2) is 0 Å². The predicted octanol–water partition coefficient (Wildman–Crippen LogP) is 2.59. The third-order valence-corrected chi connectivity index (χ3v) is 4.63. The number of methoxy groups -OCH3 is 1. The second kappa shape index (κ2) is 7.48. The Bertz CT molecular complexity index is 1000. The number of nitrogens with one attached hydrogen (secondary N) is 1. The molecule has 4 N–H and O–H groups in total. The van der Waals surface area contributed by atoms with Gasteiger partial charge >= 0.3 is 5.69 Å². The van der Waals surface area contributed by atoms with Gasteiger partial charge in [0.15, 0.2) is 5.75 Å². The Balaban J connectivity index is 2.25. The van der Waals surface area contributed by atoms with Crippen molar-refractivity contribution in [2.75, 3.05) is 7.11 Å². The van der Waals surface area contributed by atoms with Crippen LogP contribution in [0.25, 0.3) is 0 Å². The van der Waals surface area contributed by atoms with Crippen LogP contribution in [0.1, 0.15) is 42.5 Å². The van der Waals surface area contributed by atoms with Gasteiger partial charge in [-0.2, -0.15) is 5.26 Å². The van der Waals surface area contributed by atoms with Gasteiger partial charge in [-0.15, -0.1) is 5.10 Å². The maximum absolute atomic E-state index is 11.4. The molecule has 1 aliphatic rings. The number of fused-ring (bicyclic) bond motifs is 1. The molecule has 0 aliphatic carbocycles. The van der Waals surface area contributed by atoms with E-state index in [2.05, 4.69) is 10.2 Å². The van der Waals surface area contributed by atoms with Gasteiger partial charge < -0.3 is 20.3 Å². The number of aromatic nitrogens is 2. The van der Waals surface area contributed by atoms with E-state index in [4.69, 9.17) is 15.2 Å². The highest BCUT2D eigenvalue weighted by Gasteiger charge is 2.36. The lowest BCUT2D eigenvalue weighted by Gasteiger charge is -2.24. The standard InChI is InChI=1S/C18H19N5O5/c1-3-4-5-11-15-14(10(8-19)17(20)28-18(15)22-21-11)9-6-12(23(25)26)16(24)13(7-9)27-2/h6-7,14,24H,3-5,20H2,1-2H3,(H,21,22). The summed E-state index contributed by atoms with van der Waals surface area (Å²) < 4.78 is 10.6. The molecule has 1 unspecified atom stereocenters. The number of phenolic OH excluding ortho intramolecular Hbond substituents is 1. The number of unbranched alkanes of at least 4 members (excludes halogenated alkanes) is 1. The van der Waals surface area contributed by atoms with Gasteiger partial charge in [-0.3, -0.25) is 15.2 Å². The van der Waals surface area contributed by atoms with Crippen LogP contribution in [-0.2, 0) is 6.42 Å². The molecule has 0 radical (unpaired) electrons. The van der Waals surface area contributed by atoms with Crippen molar-refractivity contribution in [3.63, 3.8) is 0 Å². The SMILES string of the molecule is CCCCc1[nH]nc2c1C(c1cc(OC)c(O)c([N+](=O)[O-])c1)C(C#N)=C(N)O2. The molecule has 1 aliphatic heterocycles. The molecule has 0 saturated carbocycles. The minimum absolute atomic E-state index is 0.0771. The number of benzene rings is 1. The van der Waals surface area contributed by atoms with E-state index in [9.17, 15) is 20.5 Å². The van der Waals surface area contributed by atoms with E-state index >= 15 is 0 Å². The number of nitro groups is 1. The Morgan fingerprint density at radius 3 is 2.89 bits per heavy atom. The zero-order valence-electron chi connectivity index (χ0n) is 15.4. The molecule has 146 valence electrons. The minimum Gasteiger partial charge on any atom is -0.500 e. The first kappa shape index (κ1) is 19.0. The first-order valence-corrected chi connectivity index (χ1v) is 8.62. The maximum atomic E-state index is 11.4. The zero-order chi connectivity index (χ0) is 20.4. The van der Waals surface area contributed by atoms with Crippen LogP contribution in [0.4, 0.5) is 5.69 Å². The highest BCUT2D eigenvalue weighted by atomic mass is 16.6. The van der Waals surface area contributed by atoms with Crippen LogP contribution < -0.4 is 15.2 Å². The number of nitro benzene ring substituents is 1. The molecule has 0 spiro atoms. The Morgan fingerprint density at radius 2 is 2.29 bits per heavy atom. The lowest BCUT2D eigenvalue weighted by molar-refractivity contribution is -0.386. The maximum Gasteiger partial charge on any atom is 0.314 e. The van der Waals surface area contributed by atoms with Crippen LogP contribution in [0.5, 0.6) is 17.4 Å². The first-order valence-electron chi connectivity index (χ1n) is 8.62. The van der Waals surface area contributed by atoms with Gasteiger partial charge in [0, 0.05) is 17.3 Å². The third-order valence-electron chi connectivity index (χ3n) is 4.63. The van der Waals surface area contributed by atoms with Crippen LogP contribution in [0.2, 0.25) is 0 Å². The van der Waals surface area contributed by atoms with Crippen molar-refractivity contribution in [3.05, 3.63) is 50.5 Å². The average Bonchev–Trinajstić information content (AvgIpc) is 3.07. The van der Waals surface area contributed by atoms with Crippen molar-refractivity contribution >= 4 is 5.69 Å². The number of aryl methyl sites for hydroxylation is 1. The molecule has 28 heavy (non-hydrogen) atoms. The van der Waals surface area contributed by atoms with Crippen LogP contribution in [-0.4, -0.2) is 27.3 Å². The van der Waals surface area contributed by atoms with Crippen LogP contribution >= 0.6 is 0 Å². The monoisotopic (exact) mass is 385 g/mol. The summed E-state index contributed by atoms with van der Waals surface area (Å²) in [6.07, 6.45) is 2.48. The molecule has 2 heterocycles. The van der Waals surface area contributed by atoms with Crippen molar-refractivity contribution in [2.24, 2.45) is 5.73 Å². The third kappa shape index (κ3) is 3.07. The van der Waals surface area contributed by atoms with Crippen LogP contribution in [0, 0.1) is 21.4 Å². The Morgan fingerprint density at radius 1 is 1.54 bits per heavy atom. The van der Waals surface area contributed by atoms with Crippen molar-refractivity contribution in [1.82, 2.24) is 10.2 Å². The number of hydrogen-bond donors (Lipinski definition) is 3. The molecule has 10 heteroatoms. The Labute approximate surface area is 160 Å². The summed E-state index contributed by atoms with van der Waals surface area (Å²) in [4.78, 5) is 10.7. The second-order valence-electron chi connectivity index (χ2n) is 6.30. The molecule has 1 aromatic heterocycles. The van der Waals surface area contributed by atoms with Gasteiger partial charge in [-0.1, -0.05) is 13.3 Å². The number of aromatic amines is 1. The van der Waals surface area contributed by atoms with Gasteiger partial charge in [-0.05, 0) is 24.5 Å². The number of phenols is 1.